The van der Waals surface area contributed by atoms with Crippen molar-refractivity contribution in [3.8, 4) is 0 Å². The average molecular weight is 213 g/mol. The fourth-order valence-corrected chi connectivity index (χ4v) is 1.43. The molecule has 0 bridgehead atoms. The van der Waals surface area contributed by atoms with Crippen LogP contribution in [0.1, 0.15) is 10.4 Å². The zero-order valence-electron chi connectivity index (χ0n) is 7.09. The number of Topliss-reactive ketones (excluding diaryl/α,β-unsaturated/α-hetero) is 1. The van der Waals surface area contributed by atoms with Crippen molar-refractivity contribution in [1.82, 2.24) is 0 Å². The van der Waals surface area contributed by atoms with E-state index in [1.54, 1.807) is 0 Å². The molecule has 1 aromatic heterocycles. The zero-order valence-corrected chi connectivity index (χ0v) is 7.84. The number of halogens is 2. The molecule has 0 aliphatic carbocycles. The van der Waals surface area contributed by atoms with Gasteiger partial charge in [-0.25, -0.2) is 4.39 Å². The minimum atomic E-state index is -0.400. The first-order valence-corrected chi connectivity index (χ1v) is 4.51. The molecule has 0 saturated carbocycles. The minimum Gasteiger partial charge on any atom is -0.464 e. The van der Waals surface area contributed by atoms with Crippen LogP contribution in [0.3, 0.4) is 0 Å². The maximum Gasteiger partial charge on any atom is 0.181 e. The van der Waals surface area contributed by atoms with Crippen molar-refractivity contribution < 1.29 is 13.6 Å². The van der Waals surface area contributed by atoms with Crippen molar-refractivity contribution in [1.29, 1.82) is 0 Å². The second kappa shape index (κ2) is 3.42. The maximum absolute atomic E-state index is 12.9. The molecule has 0 aliphatic rings. The number of hydrogen-bond donors (Lipinski definition) is 0. The van der Waals surface area contributed by atoms with Gasteiger partial charge in [-0.15, -0.1) is 11.6 Å². The monoisotopic (exact) mass is 212 g/mol. The van der Waals surface area contributed by atoms with Gasteiger partial charge in [-0.2, -0.15) is 0 Å². The molecule has 0 amide bonds. The normalized spacial score (nSPS) is 10.7. The van der Waals surface area contributed by atoms with E-state index in [2.05, 4.69) is 0 Å². The van der Waals surface area contributed by atoms with Gasteiger partial charge < -0.3 is 4.42 Å². The van der Waals surface area contributed by atoms with Gasteiger partial charge in [0.25, 0.3) is 0 Å². The quantitative estimate of drug-likeness (QED) is 0.566. The Kier molecular flexibility index (Phi) is 2.25. The molecular formula is C10H6ClFO2. The summed E-state index contributed by atoms with van der Waals surface area (Å²) in [7, 11) is 0. The van der Waals surface area contributed by atoms with Crippen molar-refractivity contribution in [2.75, 3.05) is 5.88 Å². The summed E-state index contributed by atoms with van der Waals surface area (Å²) in [5, 5.41) is 0.468. The van der Waals surface area contributed by atoms with Crippen LogP contribution in [0.15, 0.2) is 28.9 Å². The van der Waals surface area contributed by atoms with E-state index >= 15 is 0 Å². The smallest absolute Gasteiger partial charge is 0.181 e. The zero-order chi connectivity index (χ0) is 10.1. The average Bonchev–Trinajstić information content (AvgIpc) is 2.59. The third kappa shape index (κ3) is 1.40. The summed E-state index contributed by atoms with van der Waals surface area (Å²) in [6.07, 6.45) is 1.30. The first-order chi connectivity index (χ1) is 6.72. The third-order valence-corrected chi connectivity index (χ3v) is 2.20. The van der Waals surface area contributed by atoms with Crippen LogP contribution in [0.4, 0.5) is 4.39 Å². The number of fused-ring (bicyclic) bond motifs is 1. The Labute approximate surface area is 84.3 Å². The van der Waals surface area contributed by atoms with E-state index in [-0.39, 0.29) is 11.7 Å². The summed E-state index contributed by atoms with van der Waals surface area (Å²) in [5.41, 5.74) is 0.814. The molecule has 2 rings (SSSR count). The number of furan rings is 1. The lowest BCUT2D eigenvalue weighted by atomic mass is 10.1. The molecule has 0 atom stereocenters. The first-order valence-electron chi connectivity index (χ1n) is 3.98. The molecule has 0 N–H and O–H groups in total. The van der Waals surface area contributed by atoms with Crippen LogP contribution in [0.2, 0.25) is 0 Å². The molecule has 2 aromatic rings. The molecule has 0 radical (unpaired) electrons. The topological polar surface area (TPSA) is 30.2 Å². The Balaban J connectivity index is 2.67. The maximum atomic E-state index is 12.9. The number of alkyl halides is 1. The molecule has 0 spiro atoms. The van der Waals surface area contributed by atoms with Crippen LogP contribution in [0.5, 0.6) is 0 Å². The Morgan fingerprint density at radius 3 is 3.00 bits per heavy atom. The van der Waals surface area contributed by atoms with Crippen molar-refractivity contribution in [2.24, 2.45) is 0 Å². The number of carbonyl (C=O) groups is 1. The number of hydrogen-bond acceptors (Lipinski definition) is 2. The second-order valence-corrected chi connectivity index (χ2v) is 3.11. The molecule has 72 valence electrons. The van der Waals surface area contributed by atoms with E-state index in [0.29, 0.717) is 16.5 Å². The van der Waals surface area contributed by atoms with Gasteiger partial charge in [-0.05, 0) is 18.2 Å². The van der Waals surface area contributed by atoms with E-state index in [4.69, 9.17) is 16.0 Å². The first kappa shape index (κ1) is 9.21. The van der Waals surface area contributed by atoms with Crippen LogP contribution >= 0.6 is 11.6 Å². The van der Waals surface area contributed by atoms with Crippen molar-refractivity contribution >= 4 is 28.4 Å². The number of benzene rings is 1. The Bertz CT molecular complexity index is 490. The summed E-state index contributed by atoms with van der Waals surface area (Å²) in [5.74, 6) is -0.802. The lowest BCUT2D eigenvalue weighted by molar-refractivity contribution is 0.102. The SMILES string of the molecule is O=C(CCl)c1coc2ccc(F)cc12. The number of carbonyl (C=O) groups excluding carboxylic acids is 1. The van der Waals surface area contributed by atoms with E-state index < -0.39 is 5.82 Å². The molecule has 0 unspecified atom stereocenters. The molecule has 0 saturated heterocycles. The lowest BCUT2D eigenvalue weighted by Crippen LogP contribution is -1.98. The van der Waals surface area contributed by atoms with Gasteiger partial charge in [0.05, 0.1) is 11.4 Å². The van der Waals surface area contributed by atoms with Crippen molar-refractivity contribution in [3.05, 3.63) is 35.8 Å². The van der Waals surface area contributed by atoms with E-state index in [9.17, 15) is 9.18 Å². The molecule has 14 heavy (non-hydrogen) atoms. The molecular weight excluding hydrogens is 207 g/mol. The highest BCUT2D eigenvalue weighted by atomic mass is 35.5. The predicted octanol–water partition coefficient (Wildman–Crippen LogP) is 2.99. The molecule has 4 heteroatoms. The lowest BCUT2D eigenvalue weighted by Gasteiger charge is -1.92. The highest BCUT2D eigenvalue weighted by Gasteiger charge is 2.12. The fourth-order valence-electron chi connectivity index (χ4n) is 1.29. The van der Waals surface area contributed by atoms with Gasteiger partial charge >= 0.3 is 0 Å². The molecule has 2 nitrogen and oxygen atoms in total. The molecule has 0 aliphatic heterocycles. The van der Waals surface area contributed by atoms with Gasteiger partial charge in [0.1, 0.15) is 17.7 Å². The van der Waals surface area contributed by atoms with Crippen LogP contribution < -0.4 is 0 Å². The van der Waals surface area contributed by atoms with Crippen LogP contribution in [-0.2, 0) is 0 Å². The predicted molar refractivity (Wildman–Crippen MR) is 51.2 cm³/mol. The molecule has 1 aromatic carbocycles. The summed E-state index contributed by atoms with van der Waals surface area (Å²) in [6, 6.07) is 4.02. The van der Waals surface area contributed by atoms with E-state index in [1.807, 2.05) is 0 Å². The summed E-state index contributed by atoms with van der Waals surface area (Å²) in [4.78, 5) is 11.3. The van der Waals surface area contributed by atoms with Crippen LogP contribution in [-0.4, -0.2) is 11.7 Å². The fraction of sp³-hybridized carbons (Fsp3) is 0.100. The van der Waals surface area contributed by atoms with Gasteiger partial charge in [-0.3, -0.25) is 4.79 Å². The van der Waals surface area contributed by atoms with E-state index in [1.165, 1.54) is 24.5 Å². The summed E-state index contributed by atoms with van der Waals surface area (Å²) < 4.78 is 18.0. The Morgan fingerprint density at radius 2 is 2.29 bits per heavy atom. The summed E-state index contributed by atoms with van der Waals surface area (Å²) >= 11 is 5.40. The van der Waals surface area contributed by atoms with Crippen LogP contribution in [0, 0.1) is 5.82 Å². The van der Waals surface area contributed by atoms with E-state index in [0.717, 1.165) is 0 Å². The van der Waals surface area contributed by atoms with Crippen LogP contribution in [0.25, 0.3) is 11.0 Å². The molecule has 0 fully saturated rings. The number of ketones is 1. The Morgan fingerprint density at radius 1 is 1.50 bits per heavy atom. The van der Waals surface area contributed by atoms with Crippen molar-refractivity contribution in [3.63, 3.8) is 0 Å². The second-order valence-electron chi connectivity index (χ2n) is 2.85. The third-order valence-electron chi connectivity index (χ3n) is 1.96. The van der Waals surface area contributed by atoms with Gasteiger partial charge in [0.2, 0.25) is 0 Å². The van der Waals surface area contributed by atoms with Gasteiger partial charge in [0.15, 0.2) is 5.78 Å². The highest BCUT2D eigenvalue weighted by molar-refractivity contribution is 6.31. The van der Waals surface area contributed by atoms with Crippen molar-refractivity contribution in [2.45, 2.75) is 0 Å². The summed E-state index contributed by atoms with van der Waals surface area (Å²) in [6.45, 7) is 0. The molecule has 1 heterocycles. The largest absolute Gasteiger partial charge is 0.464 e. The number of rotatable bonds is 2. The van der Waals surface area contributed by atoms with Gasteiger partial charge in [0, 0.05) is 5.39 Å². The Hall–Kier alpha value is -1.35. The standard InChI is InChI=1S/C10H6ClFO2/c11-4-9(13)8-5-14-10-2-1-6(12)3-7(8)10/h1-3,5H,4H2. The highest BCUT2D eigenvalue weighted by Crippen LogP contribution is 2.22. The minimum absolute atomic E-state index is 0.134. The van der Waals surface area contributed by atoms with Gasteiger partial charge in [-0.1, -0.05) is 0 Å².